The number of amides is 1. The Hall–Kier alpha value is -1.22. The third-order valence-corrected chi connectivity index (χ3v) is 4.72. The van der Waals surface area contributed by atoms with Crippen LogP contribution in [0.4, 0.5) is 5.69 Å². The van der Waals surface area contributed by atoms with Crippen LogP contribution in [0.15, 0.2) is 56.3 Å². The largest absolute Gasteiger partial charge is 0.321 e. The number of halogens is 2. The van der Waals surface area contributed by atoms with Crippen LogP contribution in [0.3, 0.4) is 0 Å². The Bertz CT molecular complexity index is 790. The number of anilines is 1. The maximum absolute atomic E-state index is 12.1. The van der Waals surface area contributed by atoms with Gasteiger partial charge in [0.2, 0.25) is 10.0 Å². The lowest BCUT2D eigenvalue weighted by atomic mass is 10.2. The van der Waals surface area contributed by atoms with E-state index >= 15 is 0 Å². The second-order valence-corrected chi connectivity index (χ2v) is 7.48. The molecule has 0 aliphatic carbocycles. The van der Waals surface area contributed by atoms with Crippen molar-refractivity contribution in [2.75, 3.05) is 5.32 Å². The number of nitrogens with two attached hydrogens (primary N) is 1. The second-order valence-electron chi connectivity index (χ2n) is 4.15. The first-order valence-corrected chi connectivity index (χ1v) is 8.80. The van der Waals surface area contributed by atoms with Crippen LogP contribution in [-0.4, -0.2) is 14.3 Å². The van der Waals surface area contributed by atoms with Crippen LogP contribution in [-0.2, 0) is 10.0 Å². The molecule has 0 saturated heterocycles. The summed E-state index contributed by atoms with van der Waals surface area (Å²) in [5.41, 5.74) is 0.941. The van der Waals surface area contributed by atoms with E-state index in [1.165, 1.54) is 18.2 Å². The van der Waals surface area contributed by atoms with Crippen molar-refractivity contribution in [2.24, 2.45) is 5.14 Å². The van der Waals surface area contributed by atoms with Crippen molar-refractivity contribution in [3.05, 3.63) is 57.0 Å². The predicted molar refractivity (Wildman–Crippen MR) is 87.6 cm³/mol. The highest BCUT2D eigenvalue weighted by atomic mass is 79.9. The monoisotopic (exact) mass is 432 g/mol. The molecule has 0 aromatic heterocycles. The van der Waals surface area contributed by atoms with Gasteiger partial charge in [-0.2, -0.15) is 0 Å². The van der Waals surface area contributed by atoms with E-state index in [-0.39, 0.29) is 10.8 Å². The minimum atomic E-state index is -3.78. The molecule has 3 N–H and O–H groups in total. The number of hydrogen-bond donors (Lipinski definition) is 2. The third-order valence-electron chi connectivity index (χ3n) is 2.62. The number of nitrogens with one attached hydrogen (secondary N) is 1. The molecule has 0 unspecified atom stereocenters. The van der Waals surface area contributed by atoms with Gasteiger partial charge in [-0.25, -0.2) is 13.6 Å². The molecule has 0 spiro atoms. The van der Waals surface area contributed by atoms with E-state index in [2.05, 4.69) is 37.2 Å². The molecular formula is C13H10Br2N2O3S. The van der Waals surface area contributed by atoms with Gasteiger partial charge in [-0.15, -0.1) is 0 Å². The molecule has 2 aromatic carbocycles. The molecule has 0 fully saturated rings. The number of benzene rings is 2. The zero-order valence-corrected chi connectivity index (χ0v) is 14.5. The summed E-state index contributed by atoms with van der Waals surface area (Å²) in [6, 6.07) is 11.0. The van der Waals surface area contributed by atoms with Crippen molar-refractivity contribution in [1.29, 1.82) is 0 Å². The van der Waals surface area contributed by atoms with E-state index in [9.17, 15) is 13.2 Å². The molecule has 0 radical (unpaired) electrons. The van der Waals surface area contributed by atoms with Gasteiger partial charge in [0, 0.05) is 14.5 Å². The predicted octanol–water partition coefficient (Wildman–Crippen LogP) is 3.11. The number of carbonyl (C=O) groups is 1. The van der Waals surface area contributed by atoms with Crippen molar-refractivity contribution in [3.63, 3.8) is 0 Å². The molecule has 0 bridgehead atoms. The van der Waals surface area contributed by atoms with Crippen LogP contribution in [0.25, 0.3) is 0 Å². The summed E-state index contributed by atoms with van der Waals surface area (Å²) in [4.78, 5) is 12.0. The number of rotatable bonds is 3. The van der Waals surface area contributed by atoms with Crippen LogP contribution in [0.1, 0.15) is 10.4 Å². The average molecular weight is 434 g/mol. The molecule has 5 nitrogen and oxygen atoms in total. The summed E-state index contributed by atoms with van der Waals surface area (Å²) in [6.45, 7) is 0. The van der Waals surface area contributed by atoms with E-state index in [0.29, 0.717) is 15.7 Å². The Kier molecular flexibility index (Phi) is 4.82. The molecule has 110 valence electrons. The summed E-state index contributed by atoms with van der Waals surface area (Å²) in [5, 5.41) is 7.73. The molecule has 21 heavy (non-hydrogen) atoms. The first-order valence-electron chi connectivity index (χ1n) is 5.66. The van der Waals surface area contributed by atoms with Gasteiger partial charge in [-0.1, -0.05) is 15.9 Å². The van der Waals surface area contributed by atoms with E-state index in [1.807, 2.05) is 0 Å². The van der Waals surface area contributed by atoms with Crippen molar-refractivity contribution in [2.45, 2.75) is 4.90 Å². The normalized spacial score (nSPS) is 11.2. The zero-order valence-electron chi connectivity index (χ0n) is 10.5. The van der Waals surface area contributed by atoms with Gasteiger partial charge in [-0.05, 0) is 58.4 Å². The molecule has 0 heterocycles. The lowest BCUT2D eigenvalue weighted by molar-refractivity contribution is 0.102. The summed E-state index contributed by atoms with van der Waals surface area (Å²) in [6.07, 6.45) is 0. The highest BCUT2D eigenvalue weighted by Crippen LogP contribution is 2.26. The van der Waals surface area contributed by atoms with Crippen LogP contribution < -0.4 is 10.5 Å². The third kappa shape index (κ3) is 4.13. The van der Waals surface area contributed by atoms with Crippen LogP contribution in [0.5, 0.6) is 0 Å². The van der Waals surface area contributed by atoms with Crippen LogP contribution >= 0.6 is 31.9 Å². The van der Waals surface area contributed by atoms with Crippen LogP contribution in [0, 0.1) is 0 Å². The Morgan fingerprint density at radius 3 is 2.19 bits per heavy atom. The highest BCUT2D eigenvalue weighted by Gasteiger charge is 2.12. The fourth-order valence-electron chi connectivity index (χ4n) is 1.57. The zero-order chi connectivity index (χ0) is 15.6. The summed E-state index contributed by atoms with van der Waals surface area (Å²) < 4.78 is 23.8. The van der Waals surface area contributed by atoms with Gasteiger partial charge < -0.3 is 5.32 Å². The number of primary sulfonamides is 1. The van der Waals surface area contributed by atoms with Crippen molar-refractivity contribution in [3.8, 4) is 0 Å². The van der Waals surface area contributed by atoms with Gasteiger partial charge >= 0.3 is 0 Å². The Labute approximate surface area is 138 Å². The van der Waals surface area contributed by atoms with Crippen LogP contribution in [0.2, 0.25) is 0 Å². The Morgan fingerprint density at radius 1 is 1.05 bits per heavy atom. The molecule has 0 atom stereocenters. The van der Waals surface area contributed by atoms with E-state index in [4.69, 9.17) is 5.14 Å². The summed E-state index contributed by atoms with van der Waals surface area (Å²) in [5.74, 6) is -0.299. The quantitative estimate of drug-likeness (QED) is 0.779. The molecule has 0 saturated carbocycles. The fourth-order valence-corrected chi connectivity index (χ4v) is 3.00. The highest BCUT2D eigenvalue weighted by molar-refractivity contribution is 9.10. The van der Waals surface area contributed by atoms with E-state index < -0.39 is 10.0 Å². The number of hydrogen-bond acceptors (Lipinski definition) is 3. The Balaban J connectivity index is 2.24. The van der Waals surface area contributed by atoms with Crippen molar-refractivity contribution in [1.82, 2.24) is 0 Å². The van der Waals surface area contributed by atoms with E-state index in [0.717, 1.165) is 4.47 Å². The smallest absolute Gasteiger partial charge is 0.255 e. The molecule has 2 aromatic rings. The maximum atomic E-state index is 12.1. The lowest BCUT2D eigenvalue weighted by Crippen LogP contribution is -2.14. The average Bonchev–Trinajstić information content (AvgIpc) is 2.40. The van der Waals surface area contributed by atoms with Gasteiger partial charge in [0.05, 0.1) is 10.6 Å². The van der Waals surface area contributed by atoms with Gasteiger partial charge in [0.1, 0.15) is 0 Å². The molecule has 8 heteroatoms. The Morgan fingerprint density at radius 2 is 1.67 bits per heavy atom. The minimum absolute atomic E-state index is 0.0315. The lowest BCUT2D eigenvalue weighted by Gasteiger charge is -2.09. The van der Waals surface area contributed by atoms with Crippen molar-refractivity contribution >= 4 is 53.5 Å². The minimum Gasteiger partial charge on any atom is -0.321 e. The van der Waals surface area contributed by atoms with Gasteiger partial charge in [-0.3, -0.25) is 4.79 Å². The molecule has 0 aliphatic heterocycles. The summed E-state index contributed by atoms with van der Waals surface area (Å²) in [7, 11) is -3.78. The van der Waals surface area contributed by atoms with Gasteiger partial charge in [0.25, 0.3) is 5.91 Å². The molecule has 2 rings (SSSR count). The SMILES string of the molecule is NS(=O)(=O)c1ccc(NC(=O)c2ccc(Br)cc2)c(Br)c1. The van der Waals surface area contributed by atoms with Crippen molar-refractivity contribution < 1.29 is 13.2 Å². The van der Waals surface area contributed by atoms with Gasteiger partial charge in [0.15, 0.2) is 0 Å². The molecule has 1 amide bonds. The standard InChI is InChI=1S/C13H10Br2N2O3S/c14-9-3-1-8(2-4-9)13(18)17-12-6-5-10(7-11(12)15)21(16,19)20/h1-7H,(H,17,18)(H2,16,19,20). The molecule has 0 aliphatic rings. The fraction of sp³-hybridized carbons (Fsp3) is 0. The van der Waals surface area contributed by atoms with E-state index in [1.54, 1.807) is 24.3 Å². The maximum Gasteiger partial charge on any atom is 0.255 e. The first-order chi connectivity index (χ1) is 9.77. The topological polar surface area (TPSA) is 89.3 Å². The second kappa shape index (κ2) is 6.27. The number of carbonyl (C=O) groups excluding carboxylic acids is 1. The molecular weight excluding hydrogens is 424 g/mol. The first kappa shape index (κ1) is 16.2. The number of sulfonamides is 1. The summed E-state index contributed by atoms with van der Waals surface area (Å²) >= 11 is 6.50.